The Morgan fingerprint density at radius 1 is 0.958 bits per heavy atom. The van der Waals surface area contributed by atoms with Gasteiger partial charge in [0, 0.05) is 31.6 Å². The van der Waals surface area contributed by atoms with Crippen LogP contribution in [0, 0.1) is 0 Å². The average Bonchev–Trinajstić information content (AvgIpc) is 2.65. The first-order chi connectivity index (χ1) is 11.7. The summed E-state index contributed by atoms with van der Waals surface area (Å²) in [4.78, 5) is 26.2. The molecule has 124 valence electrons. The molecule has 2 amide bonds. The minimum atomic E-state index is -0.0880. The van der Waals surface area contributed by atoms with Crippen LogP contribution in [0.25, 0.3) is 0 Å². The first-order valence-corrected chi connectivity index (χ1v) is 8.42. The van der Waals surface area contributed by atoms with Crippen molar-refractivity contribution in [2.24, 2.45) is 0 Å². The van der Waals surface area contributed by atoms with Gasteiger partial charge < -0.3 is 10.2 Å². The topological polar surface area (TPSA) is 49.4 Å². The van der Waals surface area contributed by atoms with Crippen LogP contribution < -0.4 is 5.32 Å². The highest BCUT2D eigenvalue weighted by atomic mass is 16.2. The Balaban J connectivity index is 1.41. The van der Waals surface area contributed by atoms with Gasteiger partial charge in [0.2, 0.25) is 5.91 Å². The molecule has 0 aliphatic carbocycles. The zero-order valence-corrected chi connectivity index (χ0v) is 13.7. The second-order valence-electron chi connectivity index (χ2n) is 6.06. The largest absolute Gasteiger partial charge is 0.352 e. The van der Waals surface area contributed by atoms with E-state index in [1.807, 2.05) is 35.2 Å². The van der Waals surface area contributed by atoms with E-state index in [2.05, 4.69) is 17.4 Å². The van der Waals surface area contributed by atoms with Gasteiger partial charge in [-0.2, -0.15) is 0 Å². The van der Waals surface area contributed by atoms with Crippen LogP contribution in [0.4, 0.5) is 0 Å². The smallest absolute Gasteiger partial charge is 0.251 e. The van der Waals surface area contributed by atoms with Crippen molar-refractivity contribution in [2.45, 2.75) is 25.8 Å². The maximum absolute atomic E-state index is 12.3. The van der Waals surface area contributed by atoms with Crippen molar-refractivity contribution < 1.29 is 9.59 Å². The SMILES string of the molecule is O=C(NCCCC(=O)N1CCc2ccccc2C1)c1ccccc1. The number of nitrogens with one attached hydrogen (secondary N) is 1. The standard InChI is InChI=1S/C20H22N2O2/c23-19(22-14-12-16-7-4-5-10-18(16)15-22)11-6-13-21-20(24)17-8-2-1-3-9-17/h1-5,7-10H,6,11-15H2,(H,21,24). The Bertz CT molecular complexity index is 713. The normalized spacial score (nSPS) is 13.2. The summed E-state index contributed by atoms with van der Waals surface area (Å²) < 4.78 is 0. The Kier molecular flexibility index (Phi) is 5.26. The van der Waals surface area contributed by atoms with Gasteiger partial charge in [-0.15, -0.1) is 0 Å². The predicted octanol–water partition coefficient (Wildman–Crippen LogP) is 2.78. The van der Waals surface area contributed by atoms with E-state index in [-0.39, 0.29) is 11.8 Å². The van der Waals surface area contributed by atoms with E-state index in [0.717, 1.165) is 13.0 Å². The monoisotopic (exact) mass is 322 g/mol. The van der Waals surface area contributed by atoms with Gasteiger partial charge in [0.1, 0.15) is 0 Å². The van der Waals surface area contributed by atoms with Gasteiger partial charge in [-0.1, -0.05) is 42.5 Å². The molecule has 3 rings (SSSR count). The van der Waals surface area contributed by atoms with Crippen LogP contribution >= 0.6 is 0 Å². The molecule has 0 unspecified atom stereocenters. The highest BCUT2D eigenvalue weighted by molar-refractivity contribution is 5.94. The van der Waals surface area contributed by atoms with Crippen LogP contribution in [0.2, 0.25) is 0 Å². The fourth-order valence-electron chi connectivity index (χ4n) is 3.00. The lowest BCUT2D eigenvalue weighted by atomic mass is 9.99. The van der Waals surface area contributed by atoms with Crippen molar-refractivity contribution in [1.82, 2.24) is 10.2 Å². The van der Waals surface area contributed by atoms with Crippen molar-refractivity contribution in [1.29, 1.82) is 0 Å². The molecule has 24 heavy (non-hydrogen) atoms. The van der Waals surface area contributed by atoms with Gasteiger partial charge in [0.25, 0.3) is 5.91 Å². The molecule has 0 aromatic heterocycles. The number of hydrogen-bond donors (Lipinski definition) is 1. The van der Waals surface area contributed by atoms with Gasteiger partial charge in [-0.25, -0.2) is 0 Å². The molecule has 0 bridgehead atoms. The molecule has 0 fully saturated rings. The Labute approximate surface area is 142 Å². The van der Waals surface area contributed by atoms with Crippen molar-refractivity contribution in [2.75, 3.05) is 13.1 Å². The highest BCUT2D eigenvalue weighted by Gasteiger charge is 2.19. The second kappa shape index (κ2) is 7.77. The summed E-state index contributed by atoms with van der Waals surface area (Å²) in [5, 5.41) is 2.86. The lowest BCUT2D eigenvalue weighted by molar-refractivity contribution is -0.132. The van der Waals surface area contributed by atoms with Crippen molar-refractivity contribution in [3.63, 3.8) is 0 Å². The molecular weight excluding hydrogens is 300 g/mol. The van der Waals surface area contributed by atoms with Gasteiger partial charge in [-0.3, -0.25) is 9.59 Å². The second-order valence-corrected chi connectivity index (χ2v) is 6.06. The Morgan fingerprint density at radius 3 is 2.46 bits per heavy atom. The van der Waals surface area contributed by atoms with E-state index >= 15 is 0 Å². The van der Waals surface area contributed by atoms with E-state index in [1.54, 1.807) is 12.1 Å². The predicted molar refractivity (Wildman–Crippen MR) is 93.6 cm³/mol. The molecule has 4 heteroatoms. The zero-order chi connectivity index (χ0) is 16.8. The molecule has 1 aliphatic rings. The number of amides is 2. The summed E-state index contributed by atoms with van der Waals surface area (Å²) >= 11 is 0. The third kappa shape index (κ3) is 4.02. The molecule has 0 spiro atoms. The third-order valence-electron chi connectivity index (χ3n) is 4.37. The zero-order valence-electron chi connectivity index (χ0n) is 13.7. The van der Waals surface area contributed by atoms with Gasteiger partial charge in [0.05, 0.1) is 0 Å². The number of carbonyl (C=O) groups excluding carboxylic acids is 2. The van der Waals surface area contributed by atoms with Gasteiger partial charge >= 0.3 is 0 Å². The quantitative estimate of drug-likeness (QED) is 0.861. The van der Waals surface area contributed by atoms with Crippen LogP contribution in [0.1, 0.15) is 34.3 Å². The van der Waals surface area contributed by atoms with E-state index in [1.165, 1.54) is 11.1 Å². The van der Waals surface area contributed by atoms with E-state index < -0.39 is 0 Å². The van der Waals surface area contributed by atoms with Crippen LogP contribution in [-0.4, -0.2) is 29.8 Å². The molecule has 1 N–H and O–H groups in total. The van der Waals surface area contributed by atoms with E-state index in [4.69, 9.17) is 0 Å². The average molecular weight is 322 g/mol. The Hall–Kier alpha value is -2.62. The summed E-state index contributed by atoms with van der Waals surface area (Å²) in [5.74, 6) is 0.0772. The van der Waals surface area contributed by atoms with Crippen LogP contribution in [0.3, 0.4) is 0 Å². The van der Waals surface area contributed by atoms with E-state index in [0.29, 0.717) is 31.5 Å². The molecule has 0 saturated heterocycles. The molecule has 1 heterocycles. The van der Waals surface area contributed by atoms with Crippen LogP contribution in [0.5, 0.6) is 0 Å². The van der Waals surface area contributed by atoms with Crippen LogP contribution in [-0.2, 0) is 17.8 Å². The fourth-order valence-corrected chi connectivity index (χ4v) is 3.00. The van der Waals surface area contributed by atoms with Gasteiger partial charge in [-0.05, 0) is 36.1 Å². The first-order valence-electron chi connectivity index (χ1n) is 8.42. The molecule has 0 saturated carbocycles. The highest BCUT2D eigenvalue weighted by Crippen LogP contribution is 2.19. The summed E-state index contributed by atoms with van der Waals surface area (Å²) in [5.41, 5.74) is 3.24. The fraction of sp³-hybridized carbons (Fsp3) is 0.300. The van der Waals surface area contributed by atoms with Crippen molar-refractivity contribution >= 4 is 11.8 Å². The molecule has 2 aromatic carbocycles. The number of benzene rings is 2. The lowest BCUT2D eigenvalue weighted by Gasteiger charge is -2.29. The van der Waals surface area contributed by atoms with E-state index in [9.17, 15) is 9.59 Å². The third-order valence-corrected chi connectivity index (χ3v) is 4.37. The summed E-state index contributed by atoms with van der Waals surface area (Å²) in [7, 11) is 0. The molecule has 2 aromatic rings. The maximum Gasteiger partial charge on any atom is 0.251 e. The number of nitrogens with zero attached hydrogens (tertiary/aromatic N) is 1. The summed E-state index contributed by atoms with van der Waals surface area (Å²) in [6.45, 7) is 2.00. The molecule has 4 nitrogen and oxygen atoms in total. The molecular formula is C20H22N2O2. The minimum Gasteiger partial charge on any atom is -0.352 e. The van der Waals surface area contributed by atoms with Crippen molar-refractivity contribution in [3.8, 4) is 0 Å². The summed E-state index contributed by atoms with van der Waals surface area (Å²) in [6, 6.07) is 17.4. The lowest BCUT2D eigenvalue weighted by Crippen LogP contribution is -2.36. The summed E-state index contributed by atoms with van der Waals surface area (Å²) in [6.07, 6.45) is 2.06. The molecule has 0 radical (unpaired) electrons. The number of carbonyl (C=O) groups is 2. The maximum atomic E-state index is 12.3. The van der Waals surface area contributed by atoms with Crippen LogP contribution in [0.15, 0.2) is 54.6 Å². The minimum absolute atomic E-state index is 0.0880. The number of rotatable bonds is 5. The molecule has 0 atom stereocenters. The first kappa shape index (κ1) is 16.2. The Morgan fingerprint density at radius 2 is 1.67 bits per heavy atom. The number of fused-ring (bicyclic) bond motifs is 1. The number of hydrogen-bond acceptors (Lipinski definition) is 2. The molecule has 1 aliphatic heterocycles. The van der Waals surface area contributed by atoms with Crippen molar-refractivity contribution in [3.05, 3.63) is 71.3 Å². The van der Waals surface area contributed by atoms with Gasteiger partial charge in [0.15, 0.2) is 0 Å².